The Labute approximate surface area is 84.2 Å². The lowest BCUT2D eigenvalue weighted by Crippen LogP contribution is -2.42. The monoisotopic (exact) mass is 204 g/mol. The summed E-state index contributed by atoms with van der Waals surface area (Å²) >= 11 is 0. The van der Waals surface area contributed by atoms with E-state index in [1.807, 2.05) is 0 Å². The van der Waals surface area contributed by atoms with Crippen LogP contribution in [0, 0.1) is 0 Å². The van der Waals surface area contributed by atoms with E-state index in [0.717, 1.165) is 6.42 Å². The molecule has 0 amide bonds. The van der Waals surface area contributed by atoms with Crippen LogP contribution in [0.5, 0.6) is 0 Å². The molecule has 5 nitrogen and oxygen atoms in total. The normalized spacial score (nSPS) is 30.2. The van der Waals surface area contributed by atoms with E-state index in [-0.39, 0.29) is 24.9 Å². The lowest BCUT2D eigenvalue weighted by Gasteiger charge is -2.27. The molecule has 1 rings (SSSR count). The zero-order valence-corrected chi connectivity index (χ0v) is 8.35. The summed E-state index contributed by atoms with van der Waals surface area (Å²) < 4.78 is 5.44. The minimum absolute atomic E-state index is 0.0127. The molecule has 1 heterocycles. The van der Waals surface area contributed by atoms with Crippen molar-refractivity contribution in [3.8, 4) is 0 Å². The number of rotatable bonds is 5. The van der Waals surface area contributed by atoms with Gasteiger partial charge in [-0.2, -0.15) is 0 Å². The quantitative estimate of drug-likeness (QED) is 0.435. The summed E-state index contributed by atoms with van der Waals surface area (Å²) in [5.74, 6) is 0. The number of hydrogen-bond donors (Lipinski definition) is 4. The molecule has 0 aromatic rings. The zero-order chi connectivity index (χ0) is 10.4. The Bertz CT molecular complexity index is 157. The molecule has 1 aliphatic rings. The number of ether oxygens (including phenoxy) is 1. The molecule has 1 aliphatic heterocycles. The molecular weight excluding hydrogens is 184 g/mol. The van der Waals surface area contributed by atoms with E-state index in [4.69, 9.17) is 15.6 Å². The van der Waals surface area contributed by atoms with Gasteiger partial charge in [-0.3, -0.25) is 0 Å². The van der Waals surface area contributed by atoms with E-state index in [9.17, 15) is 5.11 Å². The van der Waals surface area contributed by atoms with Crippen LogP contribution in [0.25, 0.3) is 0 Å². The Morgan fingerprint density at radius 1 is 1.57 bits per heavy atom. The van der Waals surface area contributed by atoms with Crippen molar-refractivity contribution in [1.29, 1.82) is 0 Å². The molecule has 0 aromatic carbocycles. The molecule has 14 heavy (non-hydrogen) atoms. The average molecular weight is 204 g/mol. The van der Waals surface area contributed by atoms with Crippen LogP contribution in [0.2, 0.25) is 0 Å². The van der Waals surface area contributed by atoms with E-state index in [0.29, 0.717) is 26.1 Å². The molecule has 5 heteroatoms. The van der Waals surface area contributed by atoms with Crippen molar-refractivity contribution >= 4 is 0 Å². The lowest BCUT2D eigenvalue weighted by atomic mass is 10.1. The van der Waals surface area contributed by atoms with Crippen molar-refractivity contribution in [2.75, 3.05) is 26.3 Å². The molecular formula is C9H20N2O3. The maximum Gasteiger partial charge on any atom is 0.0724 e. The van der Waals surface area contributed by atoms with Crippen LogP contribution in [0.15, 0.2) is 0 Å². The van der Waals surface area contributed by atoms with Crippen molar-refractivity contribution in [2.24, 2.45) is 5.73 Å². The van der Waals surface area contributed by atoms with Crippen molar-refractivity contribution in [2.45, 2.75) is 31.1 Å². The summed E-state index contributed by atoms with van der Waals surface area (Å²) in [7, 11) is 0. The molecule has 1 saturated heterocycles. The molecule has 0 spiro atoms. The first-order valence-electron chi connectivity index (χ1n) is 5.09. The second kappa shape index (κ2) is 6.31. The molecule has 84 valence electrons. The summed E-state index contributed by atoms with van der Waals surface area (Å²) in [6.45, 7) is 1.87. The van der Waals surface area contributed by atoms with Gasteiger partial charge in [-0.05, 0) is 6.42 Å². The Hall–Kier alpha value is -0.200. The largest absolute Gasteiger partial charge is 0.395 e. The van der Waals surface area contributed by atoms with Gasteiger partial charge in [-0.25, -0.2) is 0 Å². The molecule has 0 bridgehead atoms. The van der Waals surface area contributed by atoms with Crippen LogP contribution in [-0.2, 0) is 4.74 Å². The van der Waals surface area contributed by atoms with Gasteiger partial charge in [-0.15, -0.1) is 0 Å². The highest BCUT2D eigenvalue weighted by molar-refractivity contribution is 4.73. The van der Waals surface area contributed by atoms with Crippen LogP contribution in [0.4, 0.5) is 0 Å². The second-order valence-corrected chi connectivity index (χ2v) is 3.77. The fraction of sp³-hybridized carbons (Fsp3) is 1.00. The zero-order valence-electron chi connectivity index (χ0n) is 8.35. The highest BCUT2D eigenvalue weighted by atomic mass is 16.5. The second-order valence-electron chi connectivity index (χ2n) is 3.77. The van der Waals surface area contributed by atoms with E-state index >= 15 is 0 Å². The Morgan fingerprint density at radius 3 is 3.00 bits per heavy atom. The fourth-order valence-corrected chi connectivity index (χ4v) is 1.50. The Morgan fingerprint density at radius 2 is 2.36 bits per heavy atom. The average Bonchev–Trinajstić information content (AvgIpc) is 2.17. The van der Waals surface area contributed by atoms with Gasteiger partial charge in [0, 0.05) is 32.2 Å². The fourth-order valence-electron chi connectivity index (χ4n) is 1.50. The van der Waals surface area contributed by atoms with Crippen LogP contribution in [0.1, 0.15) is 12.8 Å². The first-order valence-corrected chi connectivity index (χ1v) is 5.09. The highest BCUT2D eigenvalue weighted by Gasteiger charge is 2.20. The van der Waals surface area contributed by atoms with Gasteiger partial charge in [0.25, 0.3) is 0 Å². The number of nitrogens with two attached hydrogens (primary N) is 1. The topological polar surface area (TPSA) is 87.7 Å². The third-order valence-electron chi connectivity index (χ3n) is 2.35. The summed E-state index contributed by atoms with van der Waals surface area (Å²) in [6.07, 6.45) is 1.25. The lowest BCUT2D eigenvalue weighted by molar-refractivity contribution is -0.0418. The van der Waals surface area contributed by atoms with Crippen molar-refractivity contribution in [3.05, 3.63) is 0 Å². The van der Waals surface area contributed by atoms with Gasteiger partial charge in [-0.1, -0.05) is 0 Å². The molecule has 0 aromatic heterocycles. The minimum atomic E-state index is -0.234. The first-order chi connectivity index (χ1) is 6.72. The summed E-state index contributed by atoms with van der Waals surface area (Å²) in [5.41, 5.74) is 5.51. The van der Waals surface area contributed by atoms with Gasteiger partial charge >= 0.3 is 0 Å². The SMILES string of the molecule is NC(CO)CNCC1CC(O)CCO1. The predicted octanol–water partition coefficient (Wildman–Crippen LogP) is -1.56. The number of aliphatic hydroxyl groups excluding tert-OH is 2. The van der Waals surface area contributed by atoms with Gasteiger partial charge < -0.3 is 26.0 Å². The predicted molar refractivity (Wildman–Crippen MR) is 52.9 cm³/mol. The summed E-state index contributed by atoms with van der Waals surface area (Å²) in [4.78, 5) is 0. The van der Waals surface area contributed by atoms with E-state index in [1.165, 1.54) is 0 Å². The molecule has 3 atom stereocenters. The maximum absolute atomic E-state index is 9.36. The van der Waals surface area contributed by atoms with E-state index in [2.05, 4.69) is 5.32 Å². The standard InChI is InChI=1S/C9H20N2O3/c10-7(6-12)4-11-5-9-3-8(13)1-2-14-9/h7-9,11-13H,1-6,10H2. The van der Waals surface area contributed by atoms with E-state index in [1.54, 1.807) is 0 Å². The van der Waals surface area contributed by atoms with E-state index < -0.39 is 0 Å². The van der Waals surface area contributed by atoms with Gasteiger partial charge in [0.1, 0.15) is 0 Å². The number of nitrogens with one attached hydrogen (secondary N) is 1. The molecule has 3 unspecified atom stereocenters. The van der Waals surface area contributed by atoms with Crippen LogP contribution < -0.4 is 11.1 Å². The summed E-state index contributed by atoms with van der Waals surface area (Å²) in [6, 6.07) is -0.219. The van der Waals surface area contributed by atoms with Crippen molar-refractivity contribution in [3.63, 3.8) is 0 Å². The molecule has 1 fully saturated rings. The van der Waals surface area contributed by atoms with Crippen LogP contribution in [-0.4, -0.2) is 54.8 Å². The van der Waals surface area contributed by atoms with Crippen LogP contribution >= 0.6 is 0 Å². The summed E-state index contributed by atoms with van der Waals surface area (Å²) in [5, 5.41) is 21.1. The minimum Gasteiger partial charge on any atom is -0.395 e. The number of aliphatic hydroxyl groups is 2. The third kappa shape index (κ3) is 4.34. The number of hydrogen-bond acceptors (Lipinski definition) is 5. The first kappa shape index (κ1) is 11.9. The molecule has 0 aliphatic carbocycles. The third-order valence-corrected chi connectivity index (χ3v) is 2.35. The molecule has 0 saturated carbocycles. The van der Waals surface area contributed by atoms with Crippen LogP contribution in [0.3, 0.4) is 0 Å². The Kier molecular flexibility index (Phi) is 5.36. The van der Waals surface area contributed by atoms with Gasteiger partial charge in [0.05, 0.1) is 18.8 Å². The Balaban J connectivity index is 2.05. The molecule has 0 radical (unpaired) electrons. The van der Waals surface area contributed by atoms with Crippen molar-refractivity contribution in [1.82, 2.24) is 5.32 Å². The highest BCUT2D eigenvalue weighted by Crippen LogP contribution is 2.12. The molecule has 5 N–H and O–H groups in total. The van der Waals surface area contributed by atoms with Crippen molar-refractivity contribution < 1.29 is 14.9 Å². The van der Waals surface area contributed by atoms with Gasteiger partial charge in [0.15, 0.2) is 0 Å². The van der Waals surface area contributed by atoms with Gasteiger partial charge in [0.2, 0.25) is 0 Å². The smallest absolute Gasteiger partial charge is 0.0724 e. The maximum atomic E-state index is 9.36.